The first-order chi connectivity index (χ1) is 9.35. The quantitative estimate of drug-likeness (QED) is 0.777. The van der Waals surface area contributed by atoms with Crippen LogP contribution in [0.25, 0.3) is 0 Å². The van der Waals surface area contributed by atoms with Gasteiger partial charge in [0.2, 0.25) is 0 Å². The zero-order valence-corrected chi connectivity index (χ0v) is 11.6. The standard InChI is InChI=1S/C14H19NO3S/c16-8-11(15-10-1-2-10)9-19-12-3-4-13-14(7-12)18-6-5-17-13/h3-4,7,10-11,15-16H,1-2,5-6,8-9H2. The van der Waals surface area contributed by atoms with E-state index in [1.165, 1.54) is 12.8 Å². The van der Waals surface area contributed by atoms with Gasteiger partial charge in [0.05, 0.1) is 6.61 Å². The Morgan fingerprint density at radius 1 is 1.26 bits per heavy atom. The molecule has 1 atom stereocenters. The van der Waals surface area contributed by atoms with Crippen LogP contribution < -0.4 is 14.8 Å². The SMILES string of the molecule is OCC(CSc1ccc2c(c1)OCCO2)NC1CC1. The summed E-state index contributed by atoms with van der Waals surface area (Å²) in [5, 5.41) is 12.8. The van der Waals surface area contributed by atoms with Crippen molar-refractivity contribution in [1.29, 1.82) is 0 Å². The predicted molar refractivity (Wildman–Crippen MR) is 75.2 cm³/mol. The second-order valence-electron chi connectivity index (χ2n) is 4.94. The van der Waals surface area contributed by atoms with Crippen molar-refractivity contribution in [3.05, 3.63) is 18.2 Å². The largest absolute Gasteiger partial charge is 0.486 e. The number of hydrogen-bond donors (Lipinski definition) is 2. The molecule has 1 aliphatic heterocycles. The number of hydrogen-bond acceptors (Lipinski definition) is 5. The van der Waals surface area contributed by atoms with Crippen LogP contribution >= 0.6 is 11.8 Å². The molecule has 1 heterocycles. The van der Waals surface area contributed by atoms with Gasteiger partial charge in [-0.1, -0.05) is 0 Å². The number of aliphatic hydroxyl groups is 1. The van der Waals surface area contributed by atoms with Crippen LogP contribution in [0.4, 0.5) is 0 Å². The lowest BCUT2D eigenvalue weighted by Crippen LogP contribution is -2.36. The molecule has 19 heavy (non-hydrogen) atoms. The maximum absolute atomic E-state index is 9.35. The van der Waals surface area contributed by atoms with Gasteiger partial charge in [0.25, 0.3) is 0 Å². The molecule has 0 saturated heterocycles. The third kappa shape index (κ3) is 3.55. The lowest BCUT2D eigenvalue weighted by Gasteiger charge is -2.19. The van der Waals surface area contributed by atoms with E-state index in [1.807, 2.05) is 18.2 Å². The lowest BCUT2D eigenvalue weighted by atomic mass is 10.3. The summed E-state index contributed by atoms with van der Waals surface area (Å²) in [6, 6.07) is 6.82. The van der Waals surface area contributed by atoms with E-state index in [2.05, 4.69) is 5.32 Å². The van der Waals surface area contributed by atoms with Crippen molar-refractivity contribution in [2.24, 2.45) is 0 Å². The van der Waals surface area contributed by atoms with Gasteiger partial charge in [0.15, 0.2) is 11.5 Å². The average molecular weight is 281 g/mol. The molecule has 1 fully saturated rings. The zero-order valence-electron chi connectivity index (χ0n) is 10.8. The fourth-order valence-electron chi connectivity index (χ4n) is 2.05. The summed E-state index contributed by atoms with van der Waals surface area (Å²) in [4.78, 5) is 1.15. The number of thioether (sulfide) groups is 1. The number of ether oxygens (including phenoxy) is 2. The fourth-order valence-corrected chi connectivity index (χ4v) is 3.00. The van der Waals surface area contributed by atoms with E-state index >= 15 is 0 Å². The molecular formula is C14H19NO3S. The van der Waals surface area contributed by atoms with Crippen LogP contribution in [0.15, 0.2) is 23.1 Å². The van der Waals surface area contributed by atoms with E-state index in [4.69, 9.17) is 9.47 Å². The van der Waals surface area contributed by atoms with Crippen LogP contribution in [0.3, 0.4) is 0 Å². The van der Waals surface area contributed by atoms with Gasteiger partial charge in [-0.15, -0.1) is 11.8 Å². The molecule has 5 heteroatoms. The van der Waals surface area contributed by atoms with Gasteiger partial charge in [-0.2, -0.15) is 0 Å². The highest BCUT2D eigenvalue weighted by molar-refractivity contribution is 7.99. The summed E-state index contributed by atoms with van der Waals surface area (Å²) < 4.78 is 11.1. The van der Waals surface area contributed by atoms with Crippen LogP contribution in [-0.4, -0.2) is 42.8 Å². The summed E-state index contributed by atoms with van der Waals surface area (Å²) in [6.07, 6.45) is 2.48. The van der Waals surface area contributed by atoms with Crippen molar-refractivity contribution in [3.63, 3.8) is 0 Å². The molecule has 0 spiro atoms. The summed E-state index contributed by atoms with van der Waals surface area (Å²) in [7, 11) is 0. The predicted octanol–water partition coefficient (Wildman–Crippen LogP) is 1.66. The highest BCUT2D eigenvalue weighted by Gasteiger charge is 2.24. The Morgan fingerprint density at radius 3 is 2.79 bits per heavy atom. The Kier molecular flexibility index (Phi) is 4.15. The molecule has 0 radical (unpaired) electrons. The Hall–Kier alpha value is -0.910. The second-order valence-corrected chi connectivity index (χ2v) is 6.03. The summed E-state index contributed by atoms with van der Waals surface area (Å²) in [6.45, 7) is 1.43. The van der Waals surface area contributed by atoms with Crippen molar-refractivity contribution in [2.45, 2.75) is 29.8 Å². The molecule has 1 aromatic carbocycles. The number of benzene rings is 1. The highest BCUT2D eigenvalue weighted by atomic mass is 32.2. The van der Waals surface area contributed by atoms with Gasteiger partial charge in [-0.05, 0) is 31.0 Å². The van der Waals surface area contributed by atoms with E-state index in [9.17, 15) is 5.11 Å². The van der Waals surface area contributed by atoms with Gasteiger partial charge in [-0.3, -0.25) is 0 Å². The van der Waals surface area contributed by atoms with Gasteiger partial charge in [0.1, 0.15) is 13.2 Å². The van der Waals surface area contributed by atoms with Crippen LogP contribution in [0.1, 0.15) is 12.8 Å². The van der Waals surface area contributed by atoms with E-state index in [0.29, 0.717) is 19.3 Å². The third-order valence-electron chi connectivity index (χ3n) is 3.23. The maximum atomic E-state index is 9.35. The van der Waals surface area contributed by atoms with E-state index in [0.717, 1.165) is 22.1 Å². The van der Waals surface area contributed by atoms with Crippen LogP contribution in [0.5, 0.6) is 11.5 Å². The Labute approximate surface area is 117 Å². The molecule has 1 aromatic rings. The van der Waals surface area contributed by atoms with Crippen molar-refractivity contribution >= 4 is 11.8 Å². The normalized spacial score (nSPS) is 19.2. The molecule has 2 N–H and O–H groups in total. The first-order valence-electron chi connectivity index (χ1n) is 6.74. The topological polar surface area (TPSA) is 50.7 Å². The second kappa shape index (κ2) is 6.03. The van der Waals surface area contributed by atoms with Crippen LogP contribution in [-0.2, 0) is 0 Å². The number of fused-ring (bicyclic) bond motifs is 1. The number of nitrogens with one attached hydrogen (secondary N) is 1. The molecule has 3 rings (SSSR count). The number of aliphatic hydroxyl groups excluding tert-OH is 1. The molecule has 1 saturated carbocycles. The molecule has 0 aromatic heterocycles. The first kappa shape index (κ1) is 13.1. The Balaban J connectivity index is 1.56. The minimum atomic E-state index is 0.172. The minimum Gasteiger partial charge on any atom is -0.486 e. The lowest BCUT2D eigenvalue weighted by molar-refractivity contribution is 0.171. The van der Waals surface area contributed by atoms with Crippen LogP contribution in [0, 0.1) is 0 Å². The fraction of sp³-hybridized carbons (Fsp3) is 0.571. The maximum Gasteiger partial charge on any atom is 0.162 e. The smallest absolute Gasteiger partial charge is 0.162 e. The van der Waals surface area contributed by atoms with Crippen molar-refractivity contribution in [1.82, 2.24) is 5.32 Å². The molecule has 104 valence electrons. The molecule has 0 amide bonds. The van der Waals surface area contributed by atoms with Gasteiger partial charge < -0.3 is 19.9 Å². The van der Waals surface area contributed by atoms with Gasteiger partial charge in [0, 0.05) is 22.7 Å². The molecule has 0 bridgehead atoms. The highest BCUT2D eigenvalue weighted by Crippen LogP contribution is 2.34. The molecule has 1 aliphatic carbocycles. The molecule has 4 nitrogen and oxygen atoms in total. The zero-order chi connectivity index (χ0) is 13.1. The summed E-state index contributed by atoms with van der Waals surface area (Å²) >= 11 is 1.74. The van der Waals surface area contributed by atoms with Crippen molar-refractivity contribution in [2.75, 3.05) is 25.6 Å². The molecule has 1 unspecified atom stereocenters. The van der Waals surface area contributed by atoms with E-state index in [-0.39, 0.29) is 12.6 Å². The monoisotopic (exact) mass is 281 g/mol. The van der Waals surface area contributed by atoms with Gasteiger partial charge in [-0.25, -0.2) is 0 Å². The summed E-state index contributed by atoms with van der Waals surface area (Å²) in [5.41, 5.74) is 0. The number of rotatable bonds is 6. The molecular weight excluding hydrogens is 262 g/mol. The first-order valence-corrected chi connectivity index (χ1v) is 7.73. The Bertz CT molecular complexity index is 437. The van der Waals surface area contributed by atoms with Crippen molar-refractivity contribution in [3.8, 4) is 11.5 Å². The van der Waals surface area contributed by atoms with Gasteiger partial charge >= 0.3 is 0 Å². The average Bonchev–Trinajstić information content (AvgIpc) is 3.27. The van der Waals surface area contributed by atoms with E-state index < -0.39 is 0 Å². The van der Waals surface area contributed by atoms with Crippen LogP contribution in [0.2, 0.25) is 0 Å². The molecule has 2 aliphatic rings. The van der Waals surface area contributed by atoms with E-state index in [1.54, 1.807) is 11.8 Å². The third-order valence-corrected chi connectivity index (χ3v) is 4.39. The minimum absolute atomic E-state index is 0.172. The Morgan fingerprint density at radius 2 is 2.05 bits per heavy atom. The van der Waals surface area contributed by atoms with Crippen molar-refractivity contribution < 1.29 is 14.6 Å². The summed E-state index contributed by atoms with van der Waals surface area (Å²) in [5.74, 6) is 2.52.